The highest BCUT2D eigenvalue weighted by molar-refractivity contribution is 5.72. The van der Waals surface area contributed by atoms with E-state index in [-0.39, 0.29) is 17.8 Å². The first-order valence-electron chi connectivity index (χ1n) is 4.14. The van der Waals surface area contributed by atoms with Gasteiger partial charge in [-0.15, -0.1) is 0 Å². The van der Waals surface area contributed by atoms with E-state index in [0.717, 1.165) is 12.8 Å². The molecule has 1 amide bonds. The van der Waals surface area contributed by atoms with Crippen LogP contribution in [0.25, 0.3) is 0 Å². The Labute approximate surface area is 70.2 Å². The fraction of sp³-hybridized carbons (Fsp3) is 0.750. The standard InChI is InChI=1S/C8H11NO3/c10-4-9-2-5-1-6(3-9)7(5)8(11)12/h4-7H,1-3H2,(H,11,12). The summed E-state index contributed by atoms with van der Waals surface area (Å²) in [7, 11) is 0. The zero-order chi connectivity index (χ0) is 8.72. The molecule has 1 aliphatic carbocycles. The quantitative estimate of drug-likeness (QED) is 0.582. The minimum absolute atomic E-state index is 0.179. The molecule has 66 valence electrons. The van der Waals surface area contributed by atoms with Crippen molar-refractivity contribution in [2.75, 3.05) is 13.1 Å². The second-order valence-corrected chi connectivity index (χ2v) is 3.68. The average molecular weight is 169 g/mol. The third-order valence-electron chi connectivity index (χ3n) is 2.99. The average Bonchev–Trinajstić information content (AvgIpc) is 2.03. The van der Waals surface area contributed by atoms with Gasteiger partial charge in [0.15, 0.2) is 0 Å². The van der Waals surface area contributed by atoms with Gasteiger partial charge < -0.3 is 10.0 Å². The van der Waals surface area contributed by atoms with E-state index in [2.05, 4.69) is 0 Å². The smallest absolute Gasteiger partial charge is 0.307 e. The summed E-state index contributed by atoms with van der Waals surface area (Å²) < 4.78 is 0. The van der Waals surface area contributed by atoms with E-state index >= 15 is 0 Å². The summed E-state index contributed by atoms with van der Waals surface area (Å²) in [5, 5.41) is 8.79. The van der Waals surface area contributed by atoms with Crippen LogP contribution in [0.2, 0.25) is 0 Å². The number of aliphatic carboxylic acids is 1. The van der Waals surface area contributed by atoms with E-state index in [1.165, 1.54) is 0 Å². The van der Waals surface area contributed by atoms with Crippen molar-refractivity contribution in [3.05, 3.63) is 0 Å². The van der Waals surface area contributed by atoms with Crippen LogP contribution in [0.15, 0.2) is 0 Å². The summed E-state index contributed by atoms with van der Waals surface area (Å²) in [6, 6.07) is 0. The van der Waals surface area contributed by atoms with Crippen molar-refractivity contribution in [1.82, 2.24) is 4.90 Å². The van der Waals surface area contributed by atoms with Crippen LogP contribution in [-0.4, -0.2) is 35.5 Å². The molecule has 0 aromatic rings. The Bertz CT molecular complexity index is 216. The van der Waals surface area contributed by atoms with Crippen LogP contribution >= 0.6 is 0 Å². The molecule has 0 spiro atoms. The summed E-state index contributed by atoms with van der Waals surface area (Å²) in [5.74, 6) is -0.444. The van der Waals surface area contributed by atoms with Gasteiger partial charge in [0.25, 0.3) is 0 Å². The maximum atomic E-state index is 10.7. The molecule has 2 unspecified atom stereocenters. The van der Waals surface area contributed by atoms with Gasteiger partial charge >= 0.3 is 5.97 Å². The SMILES string of the molecule is O=CN1CC2CC(C1)C2C(=O)O. The molecule has 1 saturated carbocycles. The van der Waals surface area contributed by atoms with Crippen molar-refractivity contribution in [1.29, 1.82) is 0 Å². The molecule has 2 saturated heterocycles. The van der Waals surface area contributed by atoms with E-state index in [9.17, 15) is 9.59 Å². The lowest BCUT2D eigenvalue weighted by Gasteiger charge is -2.50. The predicted molar refractivity (Wildman–Crippen MR) is 40.4 cm³/mol. The lowest BCUT2D eigenvalue weighted by molar-refractivity contribution is -0.161. The molecule has 4 heteroatoms. The molecular formula is C8H11NO3. The first-order valence-corrected chi connectivity index (χ1v) is 4.14. The largest absolute Gasteiger partial charge is 0.481 e. The molecule has 0 aromatic heterocycles. The predicted octanol–water partition coefficient (Wildman–Crippen LogP) is -0.205. The van der Waals surface area contributed by atoms with Crippen LogP contribution in [0.5, 0.6) is 0 Å². The molecule has 0 aromatic carbocycles. The Morgan fingerprint density at radius 2 is 2.00 bits per heavy atom. The third-order valence-corrected chi connectivity index (χ3v) is 2.99. The first-order chi connectivity index (χ1) is 5.72. The molecule has 12 heavy (non-hydrogen) atoms. The molecule has 2 aliphatic heterocycles. The number of carboxylic acids is 1. The van der Waals surface area contributed by atoms with Crippen LogP contribution in [0, 0.1) is 17.8 Å². The Balaban J connectivity index is 2.02. The second kappa shape index (κ2) is 2.47. The highest BCUT2D eigenvalue weighted by Gasteiger charge is 2.50. The summed E-state index contributed by atoms with van der Waals surface area (Å²) in [6.07, 6.45) is 1.80. The number of rotatable bonds is 2. The van der Waals surface area contributed by atoms with Crippen molar-refractivity contribution in [3.8, 4) is 0 Å². The van der Waals surface area contributed by atoms with E-state index in [4.69, 9.17) is 5.11 Å². The van der Waals surface area contributed by atoms with Gasteiger partial charge in [0, 0.05) is 13.1 Å². The molecule has 4 nitrogen and oxygen atoms in total. The number of piperidine rings is 2. The van der Waals surface area contributed by atoms with Crippen molar-refractivity contribution in [2.24, 2.45) is 17.8 Å². The van der Waals surface area contributed by atoms with Crippen LogP contribution in [0.4, 0.5) is 0 Å². The zero-order valence-electron chi connectivity index (χ0n) is 6.64. The van der Waals surface area contributed by atoms with Gasteiger partial charge in [-0.25, -0.2) is 0 Å². The number of nitrogens with zero attached hydrogens (tertiary/aromatic N) is 1. The second-order valence-electron chi connectivity index (χ2n) is 3.68. The molecule has 3 fully saturated rings. The van der Waals surface area contributed by atoms with Gasteiger partial charge in [-0.2, -0.15) is 0 Å². The Kier molecular flexibility index (Phi) is 1.56. The van der Waals surface area contributed by atoms with E-state index < -0.39 is 5.97 Å². The fourth-order valence-corrected chi connectivity index (χ4v) is 2.41. The molecule has 2 heterocycles. The van der Waals surface area contributed by atoms with Crippen LogP contribution < -0.4 is 0 Å². The summed E-state index contributed by atoms with van der Waals surface area (Å²) >= 11 is 0. The van der Waals surface area contributed by atoms with Crippen molar-refractivity contribution < 1.29 is 14.7 Å². The number of amides is 1. The zero-order valence-corrected chi connectivity index (χ0v) is 6.64. The van der Waals surface area contributed by atoms with Gasteiger partial charge in [0.05, 0.1) is 5.92 Å². The topological polar surface area (TPSA) is 57.6 Å². The van der Waals surface area contributed by atoms with Gasteiger partial charge in [-0.05, 0) is 18.3 Å². The third kappa shape index (κ3) is 0.906. The maximum absolute atomic E-state index is 10.7. The molecule has 1 N–H and O–H groups in total. The number of hydrogen-bond donors (Lipinski definition) is 1. The Morgan fingerprint density at radius 3 is 2.42 bits per heavy atom. The maximum Gasteiger partial charge on any atom is 0.307 e. The fourth-order valence-electron chi connectivity index (χ4n) is 2.41. The molecular weight excluding hydrogens is 158 g/mol. The number of fused-ring (bicyclic) bond motifs is 2. The highest BCUT2D eigenvalue weighted by atomic mass is 16.4. The number of carbonyl (C=O) groups excluding carboxylic acids is 1. The molecule has 0 radical (unpaired) electrons. The lowest BCUT2D eigenvalue weighted by atomic mass is 9.62. The minimum atomic E-state index is -0.693. The van der Waals surface area contributed by atoms with E-state index in [0.29, 0.717) is 13.1 Å². The summed E-state index contributed by atoms with van der Waals surface area (Å²) in [6.45, 7) is 1.27. The highest BCUT2D eigenvalue weighted by Crippen LogP contribution is 2.44. The van der Waals surface area contributed by atoms with Gasteiger partial charge in [0.2, 0.25) is 6.41 Å². The van der Waals surface area contributed by atoms with Crippen molar-refractivity contribution >= 4 is 12.4 Å². The first kappa shape index (κ1) is 7.58. The summed E-state index contributed by atoms with van der Waals surface area (Å²) in [4.78, 5) is 22.7. The molecule has 2 bridgehead atoms. The van der Waals surface area contributed by atoms with E-state index in [1.807, 2.05) is 0 Å². The van der Waals surface area contributed by atoms with Crippen molar-refractivity contribution in [3.63, 3.8) is 0 Å². The van der Waals surface area contributed by atoms with Crippen molar-refractivity contribution in [2.45, 2.75) is 6.42 Å². The van der Waals surface area contributed by atoms with Gasteiger partial charge in [0.1, 0.15) is 0 Å². The number of carbonyl (C=O) groups is 2. The monoisotopic (exact) mass is 169 g/mol. The Hall–Kier alpha value is -1.06. The number of hydrogen-bond acceptors (Lipinski definition) is 2. The lowest BCUT2D eigenvalue weighted by Crippen LogP contribution is -2.57. The van der Waals surface area contributed by atoms with Crippen LogP contribution in [0.1, 0.15) is 6.42 Å². The van der Waals surface area contributed by atoms with Gasteiger partial charge in [-0.3, -0.25) is 9.59 Å². The Morgan fingerprint density at radius 1 is 1.42 bits per heavy atom. The molecule has 2 atom stereocenters. The number of carboxylic acid groups (broad SMARTS) is 1. The van der Waals surface area contributed by atoms with E-state index in [1.54, 1.807) is 4.90 Å². The summed E-state index contributed by atoms with van der Waals surface area (Å²) in [5.41, 5.74) is 0. The molecule has 3 rings (SSSR count). The van der Waals surface area contributed by atoms with Crippen LogP contribution in [-0.2, 0) is 9.59 Å². The molecule has 3 aliphatic rings. The normalized spacial score (nSPS) is 38.7. The van der Waals surface area contributed by atoms with Crippen LogP contribution in [0.3, 0.4) is 0 Å². The van der Waals surface area contributed by atoms with Gasteiger partial charge in [-0.1, -0.05) is 0 Å². The minimum Gasteiger partial charge on any atom is -0.481 e.